The van der Waals surface area contributed by atoms with Gasteiger partial charge in [-0.05, 0) is 48.7 Å². The van der Waals surface area contributed by atoms with Crippen LogP contribution in [0.2, 0.25) is 0 Å². The van der Waals surface area contributed by atoms with Crippen molar-refractivity contribution >= 4 is 23.5 Å². The van der Waals surface area contributed by atoms with E-state index in [9.17, 15) is 4.79 Å². The van der Waals surface area contributed by atoms with Crippen LogP contribution in [0.5, 0.6) is 0 Å². The maximum absolute atomic E-state index is 12.6. The predicted molar refractivity (Wildman–Crippen MR) is 119 cm³/mol. The molecule has 152 valence electrons. The molecule has 1 aromatic heterocycles. The molecule has 0 radical (unpaired) electrons. The summed E-state index contributed by atoms with van der Waals surface area (Å²) in [6.45, 7) is 5.40. The third-order valence-electron chi connectivity index (χ3n) is 5.85. The first-order valence-corrected chi connectivity index (χ1v) is 10.8. The second kappa shape index (κ2) is 9.59. The van der Waals surface area contributed by atoms with Gasteiger partial charge in [0.15, 0.2) is 0 Å². The molecule has 5 nitrogen and oxygen atoms in total. The van der Waals surface area contributed by atoms with Crippen molar-refractivity contribution in [3.8, 4) is 0 Å². The fourth-order valence-electron chi connectivity index (χ4n) is 4.09. The first-order chi connectivity index (χ1) is 14.3. The van der Waals surface area contributed by atoms with Crippen LogP contribution in [0.1, 0.15) is 31.2 Å². The highest BCUT2D eigenvalue weighted by molar-refractivity contribution is 5.92. The number of hydrogen-bond donors (Lipinski definition) is 0. The number of carbonyl (C=O) groups excluding carboxylic acids is 1. The molecule has 0 N–H and O–H groups in total. The van der Waals surface area contributed by atoms with Crippen molar-refractivity contribution < 1.29 is 4.79 Å². The number of anilines is 2. The van der Waals surface area contributed by atoms with Crippen LogP contribution in [0.25, 0.3) is 6.08 Å². The highest BCUT2D eigenvalue weighted by atomic mass is 16.2. The van der Waals surface area contributed by atoms with Crippen molar-refractivity contribution in [1.29, 1.82) is 0 Å². The zero-order valence-corrected chi connectivity index (χ0v) is 17.0. The zero-order valence-electron chi connectivity index (χ0n) is 17.0. The van der Waals surface area contributed by atoms with Gasteiger partial charge < -0.3 is 14.7 Å². The molecule has 0 atom stereocenters. The lowest BCUT2D eigenvalue weighted by atomic mass is 10.1. The van der Waals surface area contributed by atoms with E-state index in [4.69, 9.17) is 0 Å². The summed E-state index contributed by atoms with van der Waals surface area (Å²) in [5.41, 5.74) is 2.37. The lowest BCUT2D eigenvalue weighted by Crippen LogP contribution is -2.48. The zero-order chi connectivity index (χ0) is 19.9. The molecule has 1 aromatic carbocycles. The summed E-state index contributed by atoms with van der Waals surface area (Å²) in [5.74, 6) is 1.07. The van der Waals surface area contributed by atoms with Crippen LogP contribution in [0.15, 0.2) is 54.7 Å². The number of aromatic nitrogens is 1. The Morgan fingerprint density at radius 3 is 2.17 bits per heavy atom. The molecule has 5 heteroatoms. The highest BCUT2D eigenvalue weighted by Gasteiger charge is 2.20. The van der Waals surface area contributed by atoms with Gasteiger partial charge in [-0.25, -0.2) is 4.98 Å². The Labute approximate surface area is 173 Å². The minimum atomic E-state index is 0.0854. The van der Waals surface area contributed by atoms with Crippen molar-refractivity contribution in [3.63, 3.8) is 0 Å². The summed E-state index contributed by atoms with van der Waals surface area (Å²) in [6, 6.07) is 14.5. The molecule has 2 saturated heterocycles. The number of benzene rings is 1. The van der Waals surface area contributed by atoms with E-state index in [0.717, 1.165) is 50.6 Å². The summed E-state index contributed by atoms with van der Waals surface area (Å²) < 4.78 is 0. The number of nitrogens with zero attached hydrogens (tertiary/aromatic N) is 4. The van der Waals surface area contributed by atoms with Gasteiger partial charge in [-0.2, -0.15) is 0 Å². The van der Waals surface area contributed by atoms with Crippen molar-refractivity contribution in [2.45, 2.75) is 25.7 Å². The minimum Gasteiger partial charge on any atom is -0.372 e. The lowest BCUT2D eigenvalue weighted by molar-refractivity contribution is -0.126. The SMILES string of the molecule is O=C(C=Cc1ccc(N2CCCCCC2)cc1)N1CCN(c2ccccn2)CC1. The monoisotopic (exact) mass is 390 g/mol. The second-order valence-corrected chi connectivity index (χ2v) is 7.83. The molecule has 3 heterocycles. The number of carbonyl (C=O) groups is 1. The molecule has 2 aliphatic rings. The maximum Gasteiger partial charge on any atom is 0.246 e. The molecule has 0 unspecified atom stereocenters. The third kappa shape index (κ3) is 5.17. The average molecular weight is 391 g/mol. The number of amides is 1. The standard InChI is InChI=1S/C24H30N4O/c29-24(28-19-17-27(18-20-28)23-7-3-4-14-25-23)13-10-21-8-11-22(12-9-21)26-15-5-1-2-6-16-26/h3-4,7-14H,1-2,5-6,15-20H2. The molecule has 0 spiro atoms. The first-order valence-electron chi connectivity index (χ1n) is 10.8. The Balaban J connectivity index is 1.29. The summed E-state index contributed by atoms with van der Waals surface area (Å²) in [5, 5.41) is 0. The van der Waals surface area contributed by atoms with Crippen LogP contribution in [-0.2, 0) is 4.79 Å². The molecule has 0 bridgehead atoms. The second-order valence-electron chi connectivity index (χ2n) is 7.83. The van der Waals surface area contributed by atoms with Gasteiger partial charge >= 0.3 is 0 Å². The van der Waals surface area contributed by atoms with Gasteiger partial charge in [-0.1, -0.05) is 31.0 Å². The number of pyridine rings is 1. The van der Waals surface area contributed by atoms with Gasteiger partial charge in [0.1, 0.15) is 5.82 Å². The smallest absolute Gasteiger partial charge is 0.246 e. The summed E-state index contributed by atoms with van der Waals surface area (Å²) in [7, 11) is 0. The van der Waals surface area contributed by atoms with Crippen molar-refractivity contribution in [1.82, 2.24) is 9.88 Å². The van der Waals surface area contributed by atoms with E-state index in [2.05, 4.69) is 39.0 Å². The Morgan fingerprint density at radius 2 is 1.52 bits per heavy atom. The number of hydrogen-bond acceptors (Lipinski definition) is 4. The quantitative estimate of drug-likeness (QED) is 0.744. The largest absolute Gasteiger partial charge is 0.372 e. The van der Waals surface area contributed by atoms with Crippen LogP contribution < -0.4 is 9.80 Å². The fraction of sp³-hybridized carbons (Fsp3) is 0.417. The molecule has 2 aromatic rings. The van der Waals surface area contributed by atoms with E-state index >= 15 is 0 Å². The molecule has 0 saturated carbocycles. The van der Waals surface area contributed by atoms with Crippen LogP contribution in [0.3, 0.4) is 0 Å². The van der Waals surface area contributed by atoms with E-state index in [1.165, 1.54) is 31.4 Å². The van der Waals surface area contributed by atoms with E-state index in [1.807, 2.05) is 35.4 Å². The Morgan fingerprint density at radius 1 is 0.793 bits per heavy atom. The van der Waals surface area contributed by atoms with Crippen LogP contribution in [0, 0.1) is 0 Å². The molecule has 2 aliphatic heterocycles. The fourth-order valence-corrected chi connectivity index (χ4v) is 4.09. The van der Waals surface area contributed by atoms with Gasteiger partial charge in [0.25, 0.3) is 0 Å². The highest BCUT2D eigenvalue weighted by Crippen LogP contribution is 2.20. The number of piperazine rings is 1. The molecule has 4 rings (SSSR count). The van der Waals surface area contributed by atoms with Gasteiger partial charge in [0.05, 0.1) is 0 Å². The van der Waals surface area contributed by atoms with Gasteiger partial charge in [-0.3, -0.25) is 4.79 Å². The Hall–Kier alpha value is -2.82. The van der Waals surface area contributed by atoms with E-state index in [0.29, 0.717) is 0 Å². The van der Waals surface area contributed by atoms with Crippen molar-refractivity contribution in [2.24, 2.45) is 0 Å². The summed E-state index contributed by atoms with van der Waals surface area (Å²) in [4.78, 5) is 23.6. The lowest BCUT2D eigenvalue weighted by Gasteiger charge is -2.34. The Kier molecular flexibility index (Phi) is 6.45. The number of rotatable bonds is 4. The van der Waals surface area contributed by atoms with Crippen LogP contribution in [0.4, 0.5) is 11.5 Å². The van der Waals surface area contributed by atoms with Gasteiger partial charge in [0.2, 0.25) is 5.91 Å². The molecular weight excluding hydrogens is 360 g/mol. The van der Waals surface area contributed by atoms with E-state index < -0.39 is 0 Å². The molecular formula is C24H30N4O. The first kappa shape index (κ1) is 19.5. The topological polar surface area (TPSA) is 39.7 Å². The van der Waals surface area contributed by atoms with Crippen molar-refractivity contribution in [3.05, 3.63) is 60.3 Å². The van der Waals surface area contributed by atoms with Crippen LogP contribution >= 0.6 is 0 Å². The van der Waals surface area contributed by atoms with E-state index in [1.54, 1.807) is 6.08 Å². The third-order valence-corrected chi connectivity index (χ3v) is 5.85. The minimum absolute atomic E-state index is 0.0854. The Bertz CT molecular complexity index is 803. The molecule has 2 fully saturated rings. The molecule has 0 aliphatic carbocycles. The van der Waals surface area contributed by atoms with Gasteiger partial charge in [0, 0.05) is 57.2 Å². The normalized spacial score (nSPS) is 18.1. The molecule has 29 heavy (non-hydrogen) atoms. The maximum atomic E-state index is 12.6. The summed E-state index contributed by atoms with van der Waals surface area (Å²) >= 11 is 0. The van der Waals surface area contributed by atoms with Crippen molar-refractivity contribution in [2.75, 3.05) is 49.1 Å². The van der Waals surface area contributed by atoms with Gasteiger partial charge in [-0.15, -0.1) is 0 Å². The predicted octanol–water partition coefficient (Wildman–Crippen LogP) is 3.82. The van der Waals surface area contributed by atoms with Crippen LogP contribution in [-0.4, -0.2) is 55.1 Å². The summed E-state index contributed by atoms with van der Waals surface area (Å²) in [6.07, 6.45) is 10.7. The molecule has 1 amide bonds. The van der Waals surface area contributed by atoms with E-state index in [-0.39, 0.29) is 5.91 Å². The average Bonchev–Trinajstić information content (AvgIpc) is 3.08.